The van der Waals surface area contributed by atoms with E-state index in [0.29, 0.717) is 0 Å². The number of hydrogen-bond donors (Lipinski definition) is 0. The molecule has 2 saturated carbocycles. The molecule has 0 aliphatic heterocycles. The molecule has 0 amide bonds. The van der Waals surface area contributed by atoms with Crippen molar-refractivity contribution in [3.05, 3.63) is 0 Å². The van der Waals surface area contributed by atoms with Crippen LogP contribution < -0.4 is 0 Å². The summed E-state index contributed by atoms with van der Waals surface area (Å²) in [4.78, 5) is 20.9. The molecule has 2 rings (SSSR count). The Morgan fingerprint density at radius 1 is 0.722 bits per heavy atom. The zero-order valence-corrected chi connectivity index (χ0v) is 11.4. The molecule has 0 radical (unpaired) electrons. The van der Waals surface area contributed by atoms with Crippen LogP contribution >= 0.6 is 0 Å². The molecule has 0 aromatic carbocycles. The first kappa shape index (κ1) is 13.8. The smallest absolute Gasteiger partial charge is 0.120 e. The van der Waals surface area contributed by atoms with Crippen LogP contribution in [0.3, 0.4) is 0 Å². The third-order valence-corrected chi connectivity index (χ3v) is 5.22. The lowest BCUT2D eigenvalue weighted by atomic mass is 9.64. The van der Waals surface area contributed by atoms with Gasteiger partial charge in [-0.2, -0.15) is 0 Å². The largest absolute Gasteiger partial charge is 0.303 e. The normalized spacial score (nSPS) is 35.8. The molecule has 2 heteroatoms. The average molecular weight is 250 g/mol. The summed E-state index contributed by atoms with van der Waals surface area (Å²) in [6.07, 6.45) is 14.0. The fourth-order valence-electron chi connectivity index (χ4n) is 4.22. The predicted molar refractivity (Wildman–Crippen MR) is 72.3 cm³/mol. The maximum absolute atomic E-state index is 10.4. The minimum Gasteiger partial charge on any atom is -0.303 e. The highest BCUT2D eigenvalue weighted by Gasteiger charge is 2.34. The lowest BCUT2D eigenvalue weighted by Crippen LogP contribution is -2.31. The molecule has 2 fully saturated rings. The lowest BCUT2D eigenvalue weighted by Gasteiger charge is -2.42. The lowest BCUT2D eigenvalue weighted by molar-refractivity contribution is -0.109. The van der Waals surface area contributed by atoms with E-state index in [-0.39, 0.29) is 0 Å². The second-order valence-corrected chi connectivity index (χ2v) is 6.37. The summed E-state index contributed by atoms with van der Waals surface area (Å²) < 4.78 is 0. The fourth-order valence-corrected chi connectivity index (χ4v) is 4.22. The molecule has 2 aliphatic rings. The molecule has 0 aromatic rings. The van der Waals surface area contributed by atoms with Crippen LogP contribution in [-0.2, 0) is 9.59 Å². The number of carbonyl (C=O) groups is 2. The van der Waals surface area contributed by atoms with E-state index in [1.165, 1.54) is 38.5 Å². The Bertz CT molecular complexity index is 246. The Morgan fingerprint density at radius 2 is 1.17 bits per heavy atom. The second-order valence-electron chi connectivity index (χ2n) is 6.37. The van der Waals surface area contributed by atoms with E-state index in [4.69, 9.17) is 0 Å². The van der Waals surface area contributed by atoms with Crippen molar-refractivity contribution in [1.82, 2.24) is 0 Å². The number of aldehydes is 2. The van der Waals surface area contributed by atoms with Gasteiger partial charge in [-0.15, -0.1) is 0 Å². The van der Waals surface area contributed by atoms with Crippen LogP contribution in [0.15, 0.2) is 0 Å². The first-order valence-corrected chi connectivity index (χ1v) is 7.70. The molecule has 0 aromatic heterocycles. The van der Waals surface area contributed by atoms with E-state index in [1.807, 2.05) is 0 Å². The third-order valence-electron chi connectivity index (χ3n) is 5.22. The SMILES string of the molecule is O=CCCC1CCC2CC(CCC=O)CCC2C1. The molecule has 4 unspecified atom stereocenters. The van der Waals surface area contributed by atoms with Crippen molar-refractivity contribution in [3.63, 3.8) is 0 Å². The van der Waals surface area contributed by atoms with Gasteiger partial charge in [0.2, 0.25) is 0 Å². The van der Waals surface area contributed by atoms with Gasteiger partial charge in [0.15, 0.2) is 0 Å². The van der Waals surface area contributed by atoms with Crippen LogP contribution in [0.25, 0.3) is 0 Å². The van der Waals surface area contributed by atoms with Crippen molar-refractivity contribution >= 4 is 12.6 Å². The summed E-state index contributed by atoms with van der Waals surface area (Å²) in [5.74, 6) is 3.46. The average Bonchev–Trinajstić information content (AvgIpc) is 2.42. The van der Waals surface area contributed by atoms with E-state index >= 15 is 0 Å². The van der Waals surface area contributed by atoms with Crippen molar-refractivity contribution in [3.8, 4) is 0 Å². The molecule has 0 heterocycles. The molecule has 2 nitrogen and oxygen atoms in total. The van der Waals surface area contributed by atoms with Crippen molar-refractivity contribution in [2.45, 2.75) is 64.2 Å². The Morgan fingerprint density at radius 3 is 1.56 bits per heavy atom. The molecule has 0 N–H and O–H groups in total. The van der Waals surface area contributed by atoms with Crippen molar-refractivity contribution < 1.29 is 9.59 Å². The molecule has 4 atom stereocenters. The second kappa shape index (κ2) is 7.06. The Balaban J connectivity index is 1.76. The molecular weight excluding hydrogens is 224 g/mol. The van der Waals surface area contributed by atoms with Gasteiger partial charge in [-0.1, -0.05) is 12.8 Å². The van der Waals surface area contributed by atoms with Crippen LogP contribution in [0.5, 0.6) is 0 Å². The van der Waals surface area contributed by atoms with Gasteiger partial charge in [0.25, 0.3) is 0 Å². The molecular formula is C16H26O2. The first-order valence-electron chi connectivity index (χ1n) is 7.70. The minimum atomic E-state index is 0.754. The van der Waals surface area contributed by atoms with Gasteiger partial charge in [-0.05, 0) is 62.2 Å². The summed E-state index contributed by atoms with van der Waals surface area (Å²) in [5.41, 5.74) is 0. The quantitative estimate of drug-likeness (QED) is 0.672. The molecule has 0 spiro atoms. The first-order chi connectivity index (χ1) is 8.83. The molecule has 2 aliphatic carbocycles. The topological polar surface area (TPSA) is 34.1 Å². The van der Waals surface area contributed by atoms with Crippen LogP contribution in [0, 0.1) is 23.7 Å². The standard InChI is InChI=1S/C16H26O2/c17-9-1-3-13-5-7-16-12-14(4-2-10-18)6-8-15(16)11-13/h9-10,13-16H,1-8,11-12H2. The van der Waals surface area contributed by atoms with E-state index < -0.39 is 0 Å². The van der Waals surface area contributed by atoms with E-state index in [1.54, 1.807) is 0 Å². The minimum absolute atomic E-state index is 0.754. The Kier molecular flexibility index (Phi) is 5.40. The highest BCUT2D eigenvalue weighted by molar-refractivity contribution is 5.49. The summed E-state index contributed by atoms with van der Waals surface area (Å²) in [5, 5.41) is 0. The third kappa shape index (κ3) is 3.66. The van der Waals surface area contributed by atoms with Crippen molar-refractivity contribution in [2.75, 3.05) is 0 Å². The van der Waals surface area contributed by atoms with Gasteiger partial charge in [0.1, 0.15) is 12.6 Å². The maximum Gasteiger partial charge on any atom is 0.120 e. The number of rotatable bonds is 6. The molecule has 0 bridgehead atoms. The van der Waals surface area contributed by atoms with Gasteiger partial charge < -0.3 is 9.59 Å². The monoisotopic (exact) mass is 250 g/mol. The van der Waals surface area contributed by atoms with Crippen LogP contribution in [0.4, 0.5) is 0 Å². The van der Waals surface area contributed by atoms with Gasteiger partial charge >= 0.3 is 0 Å². The summed E-state index contributed by atoms with van der Waals surface area (Å²) >= 11 is 0. The highest BCUT2D eigenvalue weighted by Crippen LogP contribution is 2.46. The summed E-state index contributed by atoms with van der Waals surface area (Å²) in [6, 6.07) is 0. The number of hydrogen-bond acceptors (Lipinski definition) is 2. The van der Waals surface area contributed by atoms with Gasteiger partial charge in [0, 0.05) is 12.8 Å². The highest BCUT2D eigenvalue weighted by atomic mass is 16.1. The summed E-state index contributed by atoms with van der Waals surface area (Å²) in [7, 11) is 0. The number of fused-ring (bicyclic) bond motifs is 1. The maximum atomic E-state index is 10.4. The van der Waals surface area contributed by atoms with Crippen molar-refractivity contribution in [1.29, 1.82) is 0 Å². The molecule has 0 saturated heterocycles. The van der Waals surface area contributed by atoms with Crippen molar-refractivity contribution in [2.24, 2.45) is 23.7 Å². The zero-order valence-electron chi connectivity index (χ0n) is 11.4. The van der Waals surface area contributed by atoms with E-state index in [2.05, 4.69) is 0 Å². The van der Waals surface area contributed by atoms with Crippen LogP contribution in [-0.4, -0.2) is 12.6 Å². The van der Waals surface area contributed by atoms with Crippen LogP contribution in [0.1, 0.15) is 64.2 Å². The van der Waals surface area contributed by atoms with Gasteiger partial charge in [0.05, 0.1) is 0 Å². The van der Waals surface area contributed by atoms with E-state index in [9.17, 15) is 9.59 Å². The van der Waals surface area contributed by atoms with Gasteiger partial charge in [-0.25, -0.2) is 0 Å². The Hall–Kier alpha value is -0.660. The predicted octanol–water partition coefficient (Wildman–Crippen LogP) is 3.78. The molecule has 102 valence electrons. The van der Waals surface area contributed by atoms with Gasteiger partial charge in [-0.3, -0.25) is 0 Å². The Labute approximate surface area is 111 Å². The van der Waals surface area contributed by atoms with Crippen LogP contribution in [0.2, 0.25) is 0 Å². The molecule has 18 heavy (non-hydrogen) atoms. The fraction of sp³-hybridized carbons (Fsp3) is 0.875. The van der Waals surface area contributed by atoms with E-state index in [0.717, 1.165) is 61.9 Å². The summed E-state index contributed by atoms with van der Waals surface area (Å²) in [6.45, 7) is 0. The zero-order chi connectivity index (χ0) is 12.8. The number of carbonyl (C=O) groups excluding carboxylic acids is 2.